The number of fused-ring (bicyclic) bond motifs is 1. The van der Waals surface area contributed by atoms with Crippen molar-refractivity contribution in [1.82, 2.24) is 15.3 Å². The summed E-state index contributed by atoms with van der Waals surface area (Å²) >= 11 is 0. The molecule has 0 radical (unpaired) electrons. The minimum atomic E-state index is -4.41. The van der Waals surface area contributed by atoms with Crippen LogP contribution in [0.25, 0.3) is 17.0 Å². The first kappa shape index (κ1) is 24.5. The number of aromatic nitrogens is 2. The molecule has 0 atom stereocenters. The highest BCUT2D eigenvalue weighted by atomic mass is 19.4. The van der Waals surface area contributed by atoms with Crippen LogP contribution in [0.1, 0.15) is 36.8 Å². The van der Waals surface area contributed by atoms with Gasteiger partial charge in [-0.05, 0) is 61.6 Å². The molecule has 1 aromatic heterocycles. The molecule has 0 bridgehead atoms. The minimum Gasteiger partial charge on any atom is -0.362 e. The maximum absolute atomic E-state index is 12.9. The zero-order valence-electron chi connectivity index (χ0n) is 19.6. The highest BCUT2D eigenvalue weighted by Crippen LogP contribution is 2.30. The van der Waals surface area contributed by atoms with Crippen molar-refractivity contribution in [1.29, 1.82) is 0 Å². The van der Waals surface area contributed by atoms with Gasteiger partial charge in [-0.3, -0.25) is 4.79 Å². The molecule has 1 aliphatic carbocycles. The summed E-state index contributed by atoms with van der Waals surface area (Å²) in [5.74, 6) is 1.13. The number of carbonyl (C=O) groups excluding carboxylic acids is 1. The van der Waals surface area contributed by atoms with Crippen LogP contribution >= 0.6 is 0 Å². The molecule has 1 saturated carbocycles. The molecule has 35 heavy (non-hydrogen) atoms. The van der Waals surface area contributed by atoms with Crippen LogP contribution in [0.2, 0.25) is 0 Å². The van der Waals surface area contributed by atoms with Gasteiger partial charge in [0.25, 0.3) is 0 Å². The number of anilines is 2. The quantitative estimate of drug-likeness (QED) is 0.468. The third kappa shape index (κ3) is 6.29. The third-order valence-corrected chi connectivity index (χ3v) is 6.05. The fourth-order valence-electron chi connectivity index (χ4n) is 4.27. The van der Waals surface area contributed by atoms with E-state index >= 15 is 0 Å². The zero-order valence-corrected chi connectivity index (χ0v) is 19.6. The molecule has 3 aromatic rings. The highest BCUT2D eigenvalue weighted by Gasteiger charge is 2.30. The van der Waals surface area contributed by atoms with E-state index in [2.05, 4.69) is 15.6 Å². The first-order valence-corrected chi connectivity index (χ1v) is 11.6. The molecule has 1 heterocycles. The number of nitrogens with zero attached hydrogens (tertiary/aromatic N) is 3. The van der Waals surface area contributed by atoms with E-state index in [0.29, 0.717) is 11.5 Å². The lowest BCUT2D eigenvalue weighted by Crippen LogP contribution is -2.39. The van der Waals surface area contributed by atoms with Crippen LogP contribution in [0.15, 0.2) is 54.6 Å². The second kappa shape index (κ2) is 10.3. The highest BCUT2D eigenvalue weighted by molar-refractivity contribution is 5.92. The lowest BCUT2D eigenvalue weighted by Gasteiger charge is -2.29. The molecule has 2 N–H and O–H groups in total. The number of carbonyl (C=O) groups is 1. The molecule has 0 unspecified atom stereocenters. The molecule has 6 nitrogen and oxygen atoms in total. The van der Waals surface area contributed by atoms with Crippen LogP contribution < -0.4 is 15.5 Å². The van der Waals surface area contributed by atoms with Crippen molar-refractivity contribution in [2.75, 3.05) is 24.3 Å². The Labute approximate surface area is 202 Å². The summed E-state index contributed by atoms with van der Waals surface area (Å²) in [5.41, 5.74) is 0.469. The number of hydrogen-bond acceptors (Lipinski definition) is 5. The molecule has 0 aliphatic heterocycles. The van der Waals surface area contributed by atoms with Gasteiger partial charge in [-0.15, -0.1) is 0 Å². The van der Waals surface area contributed by atoms with Gasteiger partial charge in [0.1, 0.15) is 5.82 Å². The monoisotopic (exact) mass is 483 g/mol. The van der Waals surface area contributed by atoms with E-state index < -0.39 is 11.7 Å². The van der Waals surface area contributed by atoms with Crippen LogP contribution in [-0.4, -0.2) is 42.1 Å². The van der Waals surface area contributed by atoms with Gasteiger partial charge >= 0.3 is 6.18 Å². The van der Waals surface area contributed by atoms with Crippen LogP contribution in [0, 0.1) is 0 Å². The molecule has 0 saturated heterocycles. The summed E-state index contributed by atoms with van der Waals surface area (Å²) in [6.45, 7) is 0. The van der Waals surface area contributed by atoms with Gasteiger partial charge in [-0.2, -0.15) is 18.2 Å². The Kier molecular flexibility index (Phi) is 7.23. The van der Waals surface area contributed by atoms with Crippen molar-refractivity contribution >= 4 is 34.7 Å². The molecule has 4 rings (SSSR count). The molecular weight excluding hydrogens is 455 g/mol. The number of amides is 1. The second-order valence-corrected chi connectivity index (χ2v) is 8.94. The Morgan fingerprint density at radius 2 is 1.71 bits per heavy atom. The maximum Gasteiger partial charge on any atom is 0.416 e. The van der Waals surface area contributed by atoms with Gasteiger partial charge in [-0.1, -0.05) is 24.3 Å². The average Bonchev–Trinajstić information content (AvgIpc) is 2.83. The summed E-state index contributed by atoms with van der Waals surface area (Å²) in [7, 11) is 3.90. The number of benzene rings is 2. The summed E-state index contributed by atoms with van der Waals surface area (Å²) in [4.78, 5) is 23.6. The van der Waals surface area contributed by atoms with Gasteiger partial charge in [-0.25, -0.2) is 4.98 Å². The van der Waals surface area contributed by atoms with Gasteiger partial charge in [0.15, 0.2) is 0 Å². The number of rotatable bonds is 6. The third-order valence-electron chi connectivity index (χ3n) is 6.05. The fourth-order valence-corrected chi connectivity index (χ4v) is 4.27. The van der Waals surface area contributed by atoms with E-state index in [1.54, 1.807) is 0 Å². The smallest absolute Gasteiger partial charge is 0.362 e. The average molecular weight is 484 g/mol. The first-order valence-electron chi connectivity index (χ1n) is 11.6. The topological polar surface area (TPSA) is 70.2 Å². The normalized spacial score (nSPS) is 18.5. The standard InChI is InChI=1S/C26H28F3N5O/c1-34(2)24-21-8-3-4-9-22(21)32-25(33-24)31-20-13-11-19(12-14-20)30-23(35)15-10-17-6-5-7-18(16-17)26(27,28)29/h3-10,15-16,19-20H,11-14H2,1-2H3,(H,30,35)(H,31,32,33). The molecule has 184 valence electrons. The van der Waals surface area contributed by atoms with Crippen LogP contribution in [-0.2, 0) is 11.0 Å². The molecular formula is C26H28F3N5O. The van der Waals surface area contributed by atoms with E-state index in [0.717, 1.165) is 54.5 Å². The summed E-state index contributed by atoms with van der Waals surface area (Å²) in [6.07, 6.45) is 1.53. The molecule has 1 aliphatic rings. The Morgan fingerprint density at radius 3 is 2.43 bits per heavy atom. The number of para-hydroxylation sites is 1. The maximum atomic E-state index is 12.9. The van der Waals surface area contributed by atoms with E-state index in [4.69, 9.17) is 4.98 Å². The van der Waals surface area contributed by atoms with Crippen molar-refractivity contribution in [3.8, 4) is 0 Å². The number of nitrogens with one attached hydrogen (secondary N) is 2. The van der Waals surface area contributed by atoms with E-state index in [1.807, 2.05) is 43.3 Å². The van der Waals surface area contributed by atoms with Crippen LogP contribution in [0.5, 0.6) is 0 Å². The van der Waals surface area contributed by atoms with Gasteiger partial charge in [0.2, 0.25) is 11.9 Å². The van der Waals surface area contributed by atoms with E-state index in [9.17, 15) is 18.0 Å². The predicted octanol–water partition coefficient (Wildman–Crippen LogP) is 5.27. The summed E-state index contributed by atoms with van der Waals surface area (Å²) in [5, 5.41) is 7.38. The van der Waals surface area contributed by atoms with E-state index in [-0.39, 0.29) is 18.0 Å². The number of halogens is 3. The minimum absolute atomic E-state index is 0.0153. The van der Waals surface area contributed by atoms with Crippen molar-refractivity contribution in [2.24, 2.45) is 0 Å². The molecule has 1 fully saturated rings. The van der Waals surface area contributed by atoms with Gasteiger partial charge in [0.05, 0.1) is 11.1 Å². The van der Waals surface area contributed by atoms with Crippen LogP contribution in [0.4, 0.5) is 24.9 Å². The Bertz CT molecular complexity index is 1220. The Hall–Kier alpha value is -3.62. The Morgan fingerprint density at radius 1 is 1.00 bits per heavy atom. The number of alkyl halides is 3. The van der Waals surface area contributed by atoms with Crippen molar-refractivity contribution in [3.05, 3.63) is 65.7 Å². The van der Waals surface area contributed by atoms with Crippen molar-refractivity contribution in [3.63, 3.8) is 0 Å². The second-order valence-electron chi connectivity index (χ2n) is 8.94. The van der Waals surface area contributed by atoms with Crippen molar-refractivity contribution in [2.45, 2.75) is 43.9 Å². The zero-order chi connectivity index (χ0) is 25.0. The molecule has 2 aromatic carbocycles. The van der Waals surface area contributed by atoms with Crippen LogP contribution in [0.3, 0.4) is 0 Å². The summed E-state index contributed by atoms with van der Waals surface area (Å²) in [6, 6.07) is 13.0. The Balaban J connectivity index is 1.31. The molecule has 1 amide bonds. The summed E-state index contributed by atoms with van der Waals surface area (Å²) < 4.78 is 38.6. The van der Waals surface area contributed by atoms with Gasteiger partial charge in [0, 0.05) is 37.6 Å². The lowest BCUT2D eigenvalue weighted by molar-refractivity contribution is -0.137. The van der Waals surface area contributed by atoms with Crippen molar-refractivity contribution < 1.29 is 18.0 Å². The van der Waals surface area contributed by atoms with E-state index in [1.165, 1.54) is 24.3 Å². The lowest BCUT2D eigenvalue weighted by atomic mass is 9.91. The van der Waals surface area contributed by atoms with Gasteiger partial charge < -0.3 is 15.5 Å². The SMILES string of the molecule is CN(C)c1nc(NC2CCC(NC(=O)C=Cc3cccc(C(F)(F)F)c3)CC2)nc2ccccc12. The molecule has 9 heteroatoms. The molecule has 0 spiro atoms. The predicted molar refractivity (Wildman–Crippen MR) is 132 cm³/mol. The largest absolute Gasteiger partial charge is 0.416 e. The number of hydrogen-bond donors (Lipinski definition) is 2. The fraction of sp³-hybridized carbons (Fsp3) is 0.346. The first-order chi connectivity index (χ1) is 16.7.